The summed E-state index contributed by atoms with van der Waals surface area (Å²) in [4.78, 5) is 2.68. The van der Waals surface area contributed by atoms with Crippen molar-refractivity contribution in [2.24, 2.45) is 23.5 Å². The third-order valence-corrected chi connectivity index (χ3v) is 4.32. The summed E-state index contributed by atoms with van der Waals surface area (Å²) in [5, 5.41) is 0. The number of nitrogens with zero attached hydrogens (tertiary/aromatic N) is 1. The molecule has 1 saturated heterocycles. The zero-order valence-corrected chi connectivity index (χ0v) is 10.1. The molecule has 2 fully saturated rings. The first-order chi connectivity index (χ1) is 7.28. The van der Waals surface area contributed by atoms with Crippen LogP contribution in [0.5, 0.6) is 0 Å². The van der Waals surface area contributed by atoms with Gasteiger partial charge in [-0.25, -0.2) is 0 Å². The Morgan fingerprint density at radius 1 is 1.07 bits per heavy atom. The fraction of sp³-hybridized carbons (Fsp3) is 1.00. The Bertz CT molecular complexity index is 185. The van der Waals surface area contributed by atoms with Crippen molar-refractivity contribution in [3.63, 3.8) is 0 Å². The van der Waals surface area contributed by atoms with Gasteiger partial charge in [0.2, 0.25) is 0 Å². The van der Waals surface area contributed by atoms with Crippen molar-refractivity contribution in [3.8, 4) is 0 Å². The highest BCUT2D eigenvalue weighted by Crippen LogP contribution is 2.29. The van der Waals surface area contributed by atoms with Gasteiger partial charge in [0, 0.05) is 13.1 Å². The van der Waals surface area contributed by atoms with Gasteiger partial charge in [0.1, 0.15) is 0 Å². The molecule has 2 heteroatoms. The van der Waals surface area contributed by atoms with E-state index in [0.717, 1.165) is 24.3 Å². The highest BCUT2D eigenvalue weighted by molar-refractivity contribution is 4.79. The minimum atomic E-state index is 0.832. The molecule has 0 spiro atoms. The van der Waals surface area contributed by atoms with Gasteiger partial charge in [-0.05, 0) is 62.9 Å². The number of nitrogens with two attached hydrogens (primary N) is 1. The largest absolute Gasteiger partial charge is 0.330 e. The average Bonchev–Trinajstić information content (AvgIpc) is 2.65. The lowest BCUT2D eigenvalue weighted by Crippen LogP contribution is -2.31. The first-order valence-corrected chi connectivity index (χ1v) is 6.70. The molecule has 1 aliphatic carbocycles. The molecule has 0 amide bonds. The van der Waals surface area contributed by atoms with Crippen LogP contribution >= 0.6 is 0 Å². The second-order valence-corrected chi connectivity index (χ2v) is 5.78. The molecule has 0 aromatic rings. The molecular formula is C13H26N2. The van der Waals surface area contributed by atoms with Crippen molar-refractivity contribution in [2.45, 2.75) is 39.0 Å². The van der Waals surface area contributed by atoms with Gasteiger partial charge in [-0.1, -0.05) is 6.92 Å². The first-order valence-electron chi connectivity index (χ1n) is 6.70. The molecule has 1 atom stereocenters. The maximum Gasteiger partial charge on any atom is 0.000978 e. The van der Waals surface area contributed by atoms with Crippen LogP contribution in [0.2, 0.25) is 0 Å². The van der Waals surface area contributed by atoms with Crippen LogP contribution in [0.15, 0.2) is 0 Å². The molecule has 0 radical (unpaired) electrons. The lowest BCUT2D eigenvalue weighted by molar-refractivity contribution is 0.202. The van der Waals surface area contributed by atoms with E-state index in [4.69, 9.17) is 5.73 Å². The predicted molar refractivity (Wildman–Crippen MR) is 64.7 cm³/mol. The first kappa shape index (κ1) is 11.4. The van der Waals surface area contributed by atoms with E-state index in [9.17, 15) is 0 Å². The van der Waals surface area contributed by atoms with Crippen LogP contribution in [0.1, 0.15) is 39.0 Å². The van der Waals surface area contributed by atoms with E-state index in [0.29, 0.717) is 0 Å². The molecule has 2 aliphatic rings. The lowest BCUT2D eigenvalue weighted by Gasteiger charge is -2.30. The highest BCUT2D eigenvalue weighted by Gasteiger charge is 2.25. The summed E-state index contributed by atoms with van der Waals surface area (Å²) < 4.78 is 0. The molecule has 1 aliphatic heterocycles. The number of hydrogen-bond donors (Lipinski definition) is 1. The summed E-state index contributed by atoms with van der Waals surface area (Å²) in [6.45, 7) is 7.34. The van der Waals surface area contributed by atoms with Crippen LogP contribution in [-0.4, -0.2) is 31.1 Å². The minimum Gasteiger partial charge on any atom is -0.330 e. The quantitative estimate of drug-likeness (QED) is 0.773. The van der Waals surface area contributed by atoms with Crippen molar-refractivity contribution in [1.82, 2.24) is 4.90 Å². The second-order valence-electron chi connectivity index (χ2n) is 5.78. The van der Waals surface area contributed by atoms with Crippen molar-refractivity contribution in [2.75, 3.05) is 26.2 Å². The number of likely N-dealkylation sites (tertiary alicyclic amines) is 1. The van der Waals surface area contributed by atoms with E-state index in [1.807, 2.05) is 0 Å². The monoisotopic (exact) mass is 210 g/mol. The van der Waals surface area contributed by atoms with Gasteiger partial charge in [-0.3, -0.25) is 0 Å². The van der Waals surface area contributed by atoms with Gasteiger partial charge < -0.3 is 10.6 Å². The standard InChI is InChI=1S/C13H26N2/c1-11-6-7-15(9-11)10-13-4-2-12(8-14)3-5-13/h11-13H,2-10,14H2,1H3. The molecule has 0 aromatic heterocycles. The Labute approximate surface area is 94.2 Å². The molecular weight excluding hydrogens is 184 g/mol. The van der Waals surface area contributed by atoms with Gasteiger partial charge in [-0.2, -0.15) is 0 Å². The van der Waals surface area contributed by atoms with Crippen molar-refractivity contribution in [1.29, 1.82) is 0 Å². The maximum atomic E-state index is 5.72. The van der Waals surface area contributed by atoms with Crippen LogP contribution in [0.25, 0.3) is 0 Å². The summed E-state index contributed by atoms with van der Waals surface area (Å²) in [5.74, 6) is 2.74. The molecule has 1 saturated carbocycles. The Kier molecular flexibility index (Phi) is 4.04. The zero-order valence-electron chi connectivity index (χ0n) is 10.1. The smallest absolute Gasteiger partial charge is 0.000978 e. The van der Waals surface area contributed by atoms with Gasteiger partial charge in [0.25, 0.3) is 0 Å². The Balaban J connectivity index is 1.68. The molecule has 0 bridgehead atoms. The number of rotatable bonds is 3. The van der Waals surface area contributed by atoms with E-state index in [2.05, 4.69) is 11.8 Å². The Morgan fingerprint density at radius 3 is 2.27 bits per heavy atom. The van der Waals surface area contributed by atoms with E-state index in [-0.39, 0.29) is 0 Å². The van der Waals surface area contributed by atoms with Crippen LogP contribution in [0.3, 0.4) is 0 Å². The van der Waals surface area contributed by atoms with E-state index < -0.39 is 0 Å². The Morgan fingerprint density at radius 2 is 1.73 bits per heavy atom. The van der Waals surface area contributed by atoms with Crippen LogP contribution in [-0.2, 0) is 0 Å². The van der Waals surface area contributed by atoms with Crippen molar-refractivity contribution >= 4 is 0 Å². The highest BCUT2D eigenvalue weighted by atomic mass is 15.1. The summed E-state index contributed by atoms with van der Waals surface area (Å²) in [5.41, 5.74) is 5.72. The molecule has 2 rings (SSSR count). The molecule has 2 N–H and O–H groups in total. The number of hydrogen-bond acceptors (Lipinski definition) is 2. The molecule has 15 heavy (non-hydrogen) atoms. The maximum absolute atomic E-state index is 5.72. The fourth-order valence-electron chi connectivity index (χ4n) is 3.21. The van der Waals surface area contributed by atoms with E-state index in [1.165, 1.54) is 51.7 Å². The van der Waals surface area contributed by atoms with Gasteiger partial charge >= 0.3 is 0 Å². The molecule has 1 heterocycles. The van der Waals surface area contributed by atoms with Crippen molar-refractivity contribution in [3.05, 3.63) is 0 Å². The third-order valence-electron chi connectivity index (χ3n) is 4.32. The van der Waals surface area contributed by atoms with Crippen LogP contribution < -0.4 is 5.73 Å². The predicted octanol–water partition coefficient (Wildman–Crippen LogP) is 2.09. The molecule has 1 unspecified atom stereocenters. The van der Waals surface area contributed by atoms with Crippen molar-refractivity contribution < 1.29 is 0 Å². The average molecular weight is 210 g/mol. The molecule has 88 valence electrons. The van der Waals surface area contributed by atoms with Crippen LogP contribution in [0, 0.1) is 17.8 Å². The second kappa shape index (κ2) is 5.31. The SMILES string of the molecule is CC1CCN(CC2CCC(CN)CC2)C1. The lowest BCUT2D eigenvalue weighted by atomic mass is 9.82. The fourth-order valence-corrected chi connectivity index (χ4v) is 3.21. The zero-order chi connectivity index (χ0) is 10.7. The summed E-state index contributed by atoms with van der Waals surface area (Å²) in [6, 6.07) is 0. The van der Waals surface area contributed by atoms with Gasteiger partial charge in [-0.15, -0.1) is 0 Å². The minimum absolute atomic E-state index is 0.832. The topological polar surface area (TPSA) is 29.3 Å². The van der Waals surface area contributed by atoms with Crippen LogP contribution in [0.4, 0.5) is 0 Å². The normalized spacial score (nSPS) is 38.4. The van der Waals surface area contributed by atoms with E-state index in [1.54, 1.807) is 0 Å². The summed E-state index contributed by atoms with van der Waals surface area (Å²) >= 11 is 0. The molecule has 0 aromatic carbocycles. The summed E-state index contributed by atoms with van der Waals surface area (Å²) in [6.07, 6.45) is 7.02. The molecule has 2 nitrogen and oxygen atoms in total. The van der Waals surface area contributed by atoms with Gasteiger partial charge in [0.15, 0.2) is 0 Å². The third kappa shape index (κ3) is 3.18. The van der Waals surface area contributed by atoms with E-state index >= 15 is 0 Å². The van der Waals surface area contributed by atoms with Gasteiger partial charge in [0.05, 0.1) is 0 Å². The Hall–Kier alpha value is -0.0800. The summed E-state index contributed by atoms with van der Waals surface area (Å²) in [7, 11) is 0.